The molecule has 4 heteroatoms. The first-order valence-corrected chi connectivity index (χ1v) is 12.5. The van der Waals surface area contributed by atoms with Gasteiger partial charge in [0.05, 0.1) is 12.5 Å². The van der Waals surface area contributed by atoms with E-state index in [1.54, 1.807) is 6.08 Å². The van der Waals surface area contributed by atoms with Crippen LogP contribution >= 0.6 is 0 Å². The van der Waals surface area contributed by atoms with E-state index < -0.39 is 5.97 Å². The lowest BCUT2D eigenvalue weighted by Gasteiger charge is -2.43. The second-order valence-electron chi connectivity index (χ2n) is 6.26. The minimum Gasteiger partial charge on any atom is -0.481 e. The largest absolute Gasteiger partial charge is 0.481 e. The molecular formula is C29H49NO3. The summed E-state index contributed by atoms with van der Waals surface area (Å²) < 4.78 is 0. The van der Waals surface area contributed by atoms with Gasteiger partial charge in [0.15, 0.2) is 0 Å². The van der Waals surface area contributed by atoms with Crippen LogP contribution in [0.15, 0.2) is 71.9 Å². The molecule has 1 heterocycles. The van der Waals surface area contributed by atoms with Crippen molar-refractivity contribution in [2.24, 2.45) is 0 Å². The molecule has 1 fully saturated rings. The fraction of sp³-hybridized carbons (Fsp3) is 0.517. The summed E-state index contributed by atoms with van der Waals surface area (Å²) in [7, 11) is 0. The Morgan fingerprint density at radius 3 is 1.94 bits per heavy atom. The normalized spacial score (nSPS) is 17.3. The van der Waals surface area contributed by atoms with E-state index in [1.807, 2.05) is 85.4 Å². The lowest BCUT2D eigenvalue weighted by molar-refractivity contribution is -0.141. The number of rotatable bonds is 6. The number of likely N-dealkylation sites (tertiary alicyclic amines) is 1. The Morgan fingerprint density at radius 2 is 1.52 bits per heavy atom. The third-order valence-corrected chi connectivity index (χ3v) is 4.89. The summed E-state index contributed by atoms with van der Waals surface area (Å²) >= 11 is 0. The van der Waals surface area contributed by atoms with Crippen molar-refractivity contribution in [3.63, 3.8) is 0 Å². The summed E-state index contributed by atoms with van der Waals surface area (Å²) in [5.74, 6) is -1.06. The van der Waals surface area contributed by atoms with Crippen molar-refractivity contribution in [3.05, 3.63) is 71.9 Å². The molecule has 1 aliphatic heterocycles. The number of allylic oxidation sites excluding steroid dienone is 6. The molecule has 4 nitrogen and oxygen atoms in total. The van der Waals surface area contributed by atoms with Gasteiger partial charge in [0.1, 0.15) is 0 Å². The van der Waals surface area contributed by atoms with Crippen molar-refractivity contribution in [3.8, 4) is 0 Å². The first kappa shape index (κ1) is 35.0. The predicted molar refractivity (Wildman–Crippen MR) is 145 cm³/mol. The zero-order valence-electron chi connectivity index (χ0n) is 22.8. The van der Waals surface area contributed by atoms with E-state index in [2.05, 4.69) is 19.7 Å². The van der Waals surface area contributed by atoms with Gasteiger partial charge in [-0.05, 0) is 47.6 Å². The van der Waals surface area contributed by atoms with Crippen LogP contribution in [-0.4, -0.2) is 34.5 Å². The van der Waals surface area contributed by atoms with Gasteiger partial charge >= 0.3 is 5.97 Å². The average molecular weight is 460 g/mol. The quantitative estimate of drug-likeness (QED) is 0.437. The summed E-state index contributed by atoms with van der Waals surface area (Å²) in [4.78, 5) is 25.2. The Kier molecular flexibility index (Phi) is 22.5. The Hall–Kier alpha value is -2.62. The van der Waals surface area contributed by atoms with E-state index in [1.165, 1.54) is 5.57 Å². The Balaban J connectivity index is -0.00000101. The third kappa shape index (κ3) is 10.2. The molecule has 1 N–H and O–H groups in total. The fourth-order valence-corrected chi connectivity index (χ4v) is 3.76. The predicted octanol–water partition coefficient (Wildman–Crippen LogP) is 8.06. The Morgan fingerprint density at radius 1 is 0.970 bits per heavy atom. The summed E-state index contributed by atoms with van der Waals surface area (Å²) in [6, 6.07) is -0.0852. The standard InChI is InChI=1S/C21H25NO3.4C2H6/c1-5-8-16-11-12-22(19(23)9-10-20(24)25)18-13-15(6-2)17(7-3)14(4)21(16)18;4*1-2/h5-8,18H,1-3,9-13H2,4H3,(H,24,25);4*1-2H3/b16-8-;;;;. The molecule has 1 saturated heterocycles. The minimum absolute atomic E-state index is 0.0279. The van der Waals surface area contributed by atoms with Gasteiger partial charge in [-0.2, -0.15) is 0 Å². The van der Waals surface area contributed by atoms with E-state index in [0.29, 0.717) is 13.0 Å². The summed E-state index contributed by atoms with van der Waals surface area (Å²) in [6.45, 7) is 30.3. The molecule has 188 valence electrons. The van der Waals surface area contributed by atoms with Crippen molar-refractivity contribution < 1.29 is 14.7 Å². The van der Waals surface area contributed by atoms with E-state index in [9.17, 15) is 9.59 Å². The zero-order chi connectivity index (χ0) is 26.6. The average Bonchev–Trinajstić information content (AvgIpc) is 2.87. The van der Waals surface area contributed by atoms with Crippen LogP contribution in [0.3, 0.4) is 0 Å². The first-order chi connectivity index (χ1) is 15.9. The summed E-state index contributed by atoms with van der Waals surface area (Å²) in [6.07, 6.45) is 8.73. The molecule has 1 atom stereocenters. The maximum atomic E-state index is 12.6. The number of carbonyl (C=O) groups is 2. The zero-order valence-corrected chi connectivity index (χ0v) is 22.8. The van der Waals surface area contributed by atoms with Crippen LogP contribution in [0.4, 0.5) is 0 Å². The smallest absolute Gasteiger partial charge is 0.303 e. The number of piperidine rings is 1. The van der Waals surface area contributed by atoms with Gasteiger partial charge < -0.3 is 10.0 Å². The molecule has 0 aromatic rings. The lowest BCUT2D eigenvalue weighted by atomic mass is 9.76. The van der Waals surface area contributed by atoms with Gasteiger partial charge in [-0.1, -0.05) is 99.4 Å². The fourth-order valence-electron chi connectivity index (χ4n) is 3.76. The number of carboxylic acid groups (broad SMARTS) is 1. The first-order valence-electron chi connectivity index (χ1n) is 12.5. The van der Waals surface area contributed by atoms with Gasteiger partial charge in [0, 0.05) is 13.0 Å². The van der Waals surface area contributed by atoms with Crippen molar-refractivity contribution in [1.82, 2.24) is 4.90 Å². The topological polar surface area (TPSA) is 57.6 Å². The number of fused-ring (bicyclic) bond motifs is 1. The molecule has 0 aromatic carbocycles. The number of hydrogen-bond acceptors (Lipinski definition) is 2. The maximum Gasteiger partial charge on any atom is 0.303 e. The molecule has 2 rings (SSSR count). The number of carboxylic acids is 1. The van der Waals surface area contributed by atoms with Gasteiger partial charge in [-0.3, -0.25) is 9.59 Å². The molecule has 0 radical (unpaired) electrons. The maximum absolute atomic E-state index is 12.6. The van der Waals surface area contributed by atoms with E-state index >= 15 is 0 Å². The van der Waals surface area contributed by atoms with Crippen LogP contribution in [-0.2, 0) is 9.59 Å². The molecule has 0 bridgehead atoms. The Bertz CT molecular complexity index is 723. The molecular weight excluding hydrogens is 410 g/mol. The van der Waals surface area contributed by atoms with Crippen molar-refractivity contribution >= 4 is 11.9 Å². The van der Waals surface area contributed by atoms with Crippen molar-refractivity contribution in [1.29, 1.82) is 0 Å². The van der Waals surface area contributed by atoms with Crippen LogP contribution in [0.5, 0.6) is 0 Å². The van der Waals surface area contributed by atoms with Gasteiger partial charge in [0.25, 0.3) is 0 Å². The van der Waals surface area contributed by atoms with E-state index in [4.69, 9.17) is 5.11 Å². The van der Waals surface area contributed by atoms with Crippen LogP contribution < -0.4 is 0 Å². The number of hydrogen-bond donors (Lipinski definition) is 1. The van der Waals surface area contributed by atoms with Crippen molar-refractivity contribution in [2.45, 2.75) is 94.0 Å². The number of amides is 1. The highest BCUT2D eigenvalue weighted by Gasteiger charge is 2.36. The van der Waals surface area contributed by atoms with Crippen LogP contribution in [0.1, 0.15) is 88.0 Å². The SMILES string of the molecule is C=C/C=C1/CCN(C(=O)CCC(=O)O)C2CC(C=C)=C(C=C)C(C)=C12.CC.CC.CC.CC. The highest BCUT2D eigenvalue weighted by molar-refractivity contribution is 5.82. The van der Waals surface area contributed by atoms with Crippen molar-refractivity contribution in [2.75, 3.05) is 6.54 Å². The molecule has 2 aliphatic rings. The molecule has 0 saturated carbocycles. The number of carbonyl (C=O) groups excluding carboxylic acids is 1. The van der Waals surface area contributed by atoms with Gasteiger partial charge in [0.2, 0.25) is 5.91 Å². The highest BCUT2D eigenvalue weighted by atomic mass is 16.4. The second kappa shape index (κ2) is 21.2. The summed E-state index contributed by atoms with van der Waals surface area (Å²) in [5, 5.41) is 8.86. The molecule has 1 unspecified atom stereocenters. The minimum atomic E-state index is -0.950. The van der Waals surface area contributed by atoms with Gasteiger partial charge in [-0.15, -0.1) is 0 Å². The molecule has 33 heavy (non-hydrogen) atoms. The molecule has 0 aromatic heterocycles. The van der Waals surface area contributed by atoms with E-state index in [-0.39, 0.29) is 24.8 Å². The number of aliphatic carboxylic acids is 1. The monoisotopic (exact) mass is 459 g/mol. The van der Waals surface area contributed by atoms with Crippen LogP contribution in [0.25, 0.3) is 0 Å². The van der Waals surface area contributed by atoms with Crippen LogP contribution in [0, 0.1) is 0 Å². The van der Waals surface area contributed by atoms with Crippen LogP contribution in [0.2, 0.25) is 0 Å². The second-order valence-corrected chi connectivity index (χ2v) is 6.26. The van der Waals surface area contributed by atoms with Gasteiger partial charge in [-0.25, -0.2) is 0 Å². The van der Waals surface area contributed by atoms with E-state index in [0.717, 1.165) is 28.7 Å². The summed E-state index contributed by atoms with van der Waals surface area (Å²) in [5.41, 5.74) is 5.55. The number of nitrogens with zero attached hydrogens (tertiary/aromatic N) is 1. The molecule has 1 amide bonds. The highest BCUT2D eigenvalue weighted by Crippen LogP contribution is 2.41. The lowest BCUT2D eigenvalue weighted by Crippen LogP contribution is -2.47. The Labute approximate surface area is 204 Å². The molecule has 0 spiro atoms. The molecule has 1 aliphatic carbocycles. The third-order valence-electron chi connectivity index (χ3n) is 4.89.